The average Bonchev–Trinajstić information content (AvgIpc) is 3.16. The van der Waals surface area contributed by atoms with Crippen LogP contribution < -0.4 is 15.9 Å². The van der Waals surface area contributed by atoms with Crippen molar-refractivity contribution >= 4 is 47.9 Å². The second kappa shape index (κ2) is 10.1. The van der Waals surface area contributed by atoms with Crippen LogP contribution >= 0.6 is 19.0 Å². The third-order valence-corrected chi connectivity index (χ3v) is 7.15. The summed E-state index contributed by atoms with van der Waals surface area (Å²) < 4.78 is 21.1. The molecule has 2 aromatic heterocycles. The summed E-state index contributed by atoms with van der Waals surface area (Å²) in [5.41, 5.74) is 5.22. The first-order chi connectivity index (χ1) is 15.9. The number of carbonyl (C=O) groups excluding carboxylic acids is 1. The molecule has 0 bridgehead atoms. The predicted octanol–water partition coefficient (Wildman–Crippen LogP) is 2.50. The molecule has 0 aliphatic carbocycles. The zero-order valence-electron chi connectivity index (χ0n) is 18.7. The fraction of sp³-hybridized carbons (Fsp3) is 0.350. The van der Waals surface area contributed by atoms with Gasteiger partial charge in [0.2, 0.25) is 0 Å². The number of benzene rings is 1. The fourth-order valence-corrected chi connectivity index (χ4v) is 5.37. The summed E-state index contributed by atoms with van der Waals surface area (Å²) >= 11 is 6.07. The molecule has 3 rings (SSSR count). The third kappa shape index (κ3) is 5.89. The van der Waals surface area contributed by atoms with E-state index in [1.54, 1.807) is 23.6 Å². The van der Waals surface area contributed by atoms with Crippen LogP contribution in [0.3, 0.4) is 0 Å². The maximum atomic E-state index is 13.7. The van der Waals surface area contributed by atoms with Gasteiger partial charge in [0.1, 0.15) is 23.7 Å². The number of aliphatic carboxylic acids is 1. The number of anilines is 1. The molecule has 0 saturated carbocycles. The minimum atomic E-state index is -3.92. The molecule has 2 atom stereocenters. The summed E-state index contributed by atoms with van der Waals surface area (Å²) in [5, 5.41) is 14.6. The maximum absolute atomic E-state index is 13.7. The number of nitrogens with zero attached hydrogens (tertiary/aromatic N) is 4. The van der Waals surface area contributed by atoms with Crippen LogP contribution in [0.5, 0.6) is 0 Å². The van der Waals surface area contributed by atoms with Crippen molar-refractivity contribution < 1.29 is 24.0 Å². The van der Waals surface area contributed by atoms with Crippen LogP contribution in [-0.2, 0) is 20.6 Å². The molecule has 0 aliphatic rings. The minimum Gasteiger partial charge on any atom is -0.480 e. The van der Waals surface area contributed by atoms with Crippen LogP contribution in [0.2, 0.25) is 5.02 Å². The summed E-state index contributed by atoms with van der Waals surface area (Å²) in [7, 11) is -3.92. The van der Waals surface area contributed by atoms with Gasteiger partial charge in [-0.05, 0) is 32.9 Å². The largest absolute Gasteiger partial charge is 0.480 e. The van der Waals surface area contributed by atoms with Crippen LogP contribution in [0.15, 0.2) is 36.9 Å². The highest BCUT2D eigenvalue weighted by Crippen LogP contribution is 2.40. The van der Waals surface area contributed by atoms with Gasteiger partial charge in [0.15, 0.2) is 11.5 Å². The van der Waals surface area contributed by atoms with Gasteiger partial charge in [-0.1, -0.05) is 23.7 Å². The molecule has 14 heteroatoms. The topological polar surface area (TPSA) is 174 Å². The molecule has 12 nitrogen and oxygen atoms in total. The molecule has 0 saturated heterocycles. The molecular formula is C20H25ClN7O5P. The van der Waals surface area contributed by atoms with Crippen molar-refractivity contribution in [2.45, 2.75) is 39.0 Å². The molecule has 1 unspecified atom stereocenters. The number of carbonyl (C=O) groups is 2. The number of nitrogens with two attached hydrogens (primary N) is 1. The van der Waals surface area contributed by atoms with E-state index in [1.807, 2.05) is 0 Å². The number of amides is 1. The number of carboxylic acids is 1. The monoisotopic (exact) mass is 509 g/mol. The first-order valence-electron chi connectivity index (χ1n) is 10.1. The highest BCUT2D eigenvalue weighted by Gasteiger charge is 2.38. The lowest BCUT2D eigenvalue weighted by atomic mass is 10.1. The van der Waals surface area contributed by atoms with E-state index in [0.29, 0.717) is 11.2 Å². The van der Waals surface area contributed by atoms with Crippen molar-refractivity contribution in [1.82, 2.24) is 29.7 Å². The Labute approximate surface area is 200 Å². The molecule has 182 valence electrons. The smallest absolute Gasteiger partial charge is 0.323 e. The highest BCUT2D eigenvalue weighted by atomic mass is 35.5. The Morgan fingerprint density at radius 1 is 1.29 bits per heavy atom. The lowest BCUT2D eigenvalue weighted by Gasteiger charge is -2.29. The molecule has 2 heterocycles. The van der Waals surface area contributed by atoms with E-state index in [-0.39, 0.29) is 22.9 Å². The first-order valence-corrected chi connectivity index (χ1v) is 12.4. The zero-order chi connectivity index (χ0) is 25.1. The van der Waals surface area contributed by atoms with Gasteiger partial charge in [-0.3, -0.25) is 19.2 Å². The van der Waals surface area contributed by atoms with E-state index in [1.165, 1.54) is 38.6 Å². The standard InChI is InChI=1S/C20H25ClN7O5P/c1-12(8-28-10-25-15-16(22)23-9-24-17(15)28)33-11-34(32,27-20(2,3)19(30)31)26-18(29)13-6-4-5-7-14(13)21/h4-7,9-10,12H,8,11H2,1-3H3,(H,30,31)(H2,22,23,24)(H2,26,27,29,32)/t12-,34?/m0/s1. The first kappa shape index (κ1) is 25.6. The van der Waals surface area contributed by atoms with E-state index in [4.69, 9.17) is 22.1 Å². The Balaban J connectivity index is 1.77. The van der Waals surface area contributed by atoms with Gasteiger partial charge in [0.05, 0.1) is 29.6 Å². The number of rotatable bonds is 10. The number of imidazole rings is 1. The minimum absolute atomic E-state index is 0.0922. The Morgan fingerprint density at radius 3 is 2.68 bits per heavy atom. The summed E-state index contributed by atoms with van der Waals surface area (Å²) in [5.74, 6) is -1.74. The molecule has 0 fully saturated rings. The van der Waals surface area contributed by atoms with E-state index in [0.717, 1.165) is 0 Å². The normalized spacial score (nSPS) is 14.5. The molecule has 34 heavy (non-hydrogen) atoms. The van der Waals surface area contributed by atoms with Crippen molar-refractivity contribution in [2.75, 3.05) is 12.1 Å². The number of nitrogens with one attached hydrogen (secondary N) is 2. The molecule has 5 N–H and O–H groups in total. The Morgan fingerprint density at radius 2 is 2.00 bits per heavy atom. The van der Waals surface area contributed by atoms with Crippen LogP contribution in [0, 0.1) is 0 Å². The number of fused-ring (bicyclic) bond motifs is 1. The second-order valence-electron chi connectivity index (χ2n) is 8.14. The van der Waals surface area contributed by atoms with Gasteiger partial charge >= 0.3 is 5.97 Å². The Kier molecular flexibility index (Phi) is 7.57. The SMILES string of the molecule is C[C@@H](Cn1cnc2c(N)ncnc21)OCP(=O)(NC(=O)c1ccccc1Cl)NC(C)(C)C(=O)O. The van der Waals surface area contributed by atoms with Crippen LogP contribution in [0.1, 0.15) is 31.1 Å². The summed E-state index contributed by atoms with van der Waals surface area (Å²) in [4.78, 5) is 36.6. The van der Waals surface area contributed by atoms with Crippen molar-refractivity contribution in [3.63, 3.8) is 0 Å². The van der Waals surface area contributed by atoms with Crippen LogP contribution in [0.25, 0.3) is 11.2 Å². The van der Waals surface area contributed by atoms with Crippen LogP contribution in [-0.4, -0.2) is 54.5 Å². The predicted molar refractivity (Wildman–Crippen MR) is 127 cm³/mol. The van der Waals surface area contributed by atoms with Gasteiger partial charge in [0.25, 0.3) is 13.4 Å². The molecule has 1 amide bonds. The van der Waals surface area contributed by atoms with Gasteiger partial charge in [0, 0.05) is 0 Å². The lowest BCUT2D eigenvalue weighted by Crippen LogP contribution is -2.48. The summed E-state index contributed by atoms with van der Waals surface area (Å²) in [6, 6.07) is 6.23. The number of carboxylic acid groups (broad SMARTS) is 1. The number of hydrogen-bond acceptors (Lipinski definition) is 8. The van der Waals surface area contributed by atoms with E-state index < -0.39 is 37.3 Å². The van der Waals surface area contributed by atoms with Crippen LogP contribution in [0.4, 0.5) is 5.82 Å². The number of halogens is 1. The van der Waals surface area contributed by atoms with Gasteiger partial charge in [-0.2, -0.15) is 0 Å². The summed E-state index contributed by atoms with van der Waals surface area (Å²) in [6.45, 7) is 4.65. The maximum Gasteiger partial charge on any atom is 0.323 e. The molecule has 0 spiro atoms. The fourth-order valence-electron chi connectivity index (χ4n) is 3.06. The van der Waals surface area contributed by atoms with E-state index >= 15 is 0 Å². The van der Waals surface area contributed by atoms with Gasteiger partial charge < -0.3 is 20.1 Å². The quantitative estimate of drug-likeness (QED) is 0.297. The zero-order valence-corrected chi connectivity index (χ0v) is 20.4. The molecule has 3 aromatic rings. The number of hydrogen-bond donors (Lipinski definition) is 4. The Bertz CT molecular complexity index is 1270. The van der Waals surface area contributed by atoms with Crippen molar-refractivity contribution in [3.8, 4) is 0 Å². The van der Waals surface area contributed by atoms with E-state index in [9.17, 15) is 19.3 Å². The molecule has 0 aliphatic heterocycles. The van der Waals surface area contributed by atoms with Crippen molar-refractivity contribution in [2.24, 2.45) is 0 Å². The lowest BCUT2D eigenvalue weighted by molar-refractivity contribution is -0.142. The number of aromatic nitrogens is 4. The molecular weight excluding hydrogens is 485 g/mol. The number of nitrogen functional groups attached to an aromatic ring is 1. The number of ether oxygens (including phenoxy) is 1. The second-order valence-corrected chi connectivity index (χ2v) is 10.7. The molecule has 1 aromatic carbocycles. The third-order valence-electron chi connectivity index (χ3n) is 4.82. The van der Waals surface area contributed by atoms with Crippen molar-refractivity contribution in [1.29, 1.82) is 0 Å². The summed E-state index contributed by atoms with van der Waals surface area (Å²) in [6.07, 6.45) is 1.84. The van der Waals surface area contributed by atoms with Gasteiger partial charge in [-0.25, -0.2) is 20.0 Å². The van der Waals surface area contributed by atoms with Crippen molar-refractivity contribution in [3.05, 3.63) is 47.5 Å². The Hall–Kier alpha value is -3.05. The van der Waals surface area contributed by atoms with Gasteiger partial charge in [-0.15, -0.1) is 0 Å². The molecule has 0 radical (unpaired) electrons. The highest BCUT2D eigenvalue weighted by molar-refractivity contribution is 7.60. The average molecular weight is 510 g/mol. The van der Waals surface area contributed by atoms with E-state index in [2.05, 4.69) is 25.1 Å².